The summed E-state index contributed by atoms with van der Waals surface area (Å²) in [4.78, 5) is 12.4. The molecule has 5 N–H and O–H groups in total. The Morgan fingerprint density at radius 2 is 2.11 bits per heavy atom. The molecule has 0 radical (unpaired) electrons. The van der Waals surface area contributed by atoms with E-state index in [9.17, 15) is 15.0 Å². The summed E-state index contributed by atoms with van der Waals surface area (Å²) in [6, 6.07) is 7.23. The van der Waals surface area contributed by atoms with E-state index in [1.54, 1.807) is 37.4 Å². The number of anilines is 1. The van der Waals surface area contributed by atoms with Gasteiger partial charge >= 0.3 is 0 Å². The lowest BCUT2D eigenvalue weighted by molar-refractivity contribution is -0.110. The fraction of sp³-hybridized carbons (Fsp3) is 0.400. The number of hydrogen-bond acceptors (Lipinski definition) is 6. The number of aromatic amines is 1. The summed E-state index contributed by atoms with van der Waals surface area (Å²) in [7, 11) is 0. The van der Waals surface area contributed by atoms with Crippen LogP contribution in [0, 0.1) is 0 Å². The van der Waals surface area contributed by atoms with Crippen molar-refractivity contribution in [3.8, 4) is 5.75 Å². The maximum Gasteiger partial charge on any atom is 0.256 e. The zero-order valence-electron chi connectivity index (χ0n) is 16.0. The second-order valence-corrected chi connectivity index (χ2v) is 7.06. The second-order valence-electron chi connectivity index (χ2n) is 7.06. The molecule has 2 heterocycles. The number of aliphatic hydroxyl groups excluding tert-OH is 2. The Hall–Kier alpha value is -2.68. The molecule has 1 aromatic heterocycles. The number of amides is 1. The Morgan fingerprint density at radius 1 is 1.29 bits per heavy atom. The third-order valence-corrected chi connectivity index (χ3v) is 4.44. The molecule has 0 aliphatic carbocycles. The van der Waals surface area contributed by atoms with Gasteiger partial charge in [-0.2, -0.15) is 5.10 Å². The van der Waals surface area contributed by atoms with E-state index in [1.807, 2.05) is 13.0 Å². The zero-order valence-corrected chi connectivity index (χ0v) is 16.0. The van der Waals surface area contributed by atoms with Crippen molar-refractivity contribution in [3.63, 3.8) is 0 Å². The third-order valence-electron chi connectivity index (χ3n) is 4.44. The van der Waals surface area contributed by atoms with Gasteiger partial charge in [0.25, 0.3) is 5.91 Å². The number of nitrogens with one attached hydrogen (secondary N) is 3. The summed E-state index contributed by atoms with van der Waals surface area (Å²) < 4.78 is 5.82. The van der Waals surface area contributed by atoms with Gasteiger partial charge in [0.05, 0.1) is 28.6 Å². The molecule has 3 unspecified atom stereocenters. The van der Waals surface area contributed by atoms with Gasteiger partial charge in [-0.15, -0.1) is 0 Å². The van der Waals surface area contributed by atoms with Crippen LogP contribution in [0.25, 0.3) is 11.6 Å². The highest BCUT2D eigenvalue weighted by molar-refractivity contribution is 6.35. The molecule has 0 saturated heterocycles. The van der Waals surface area contributed by atoms with Gasteiger partial charge in [-0.05, 0) is 44.5 Å². The Balaban J connectivity index is 1.66. The average molecular weight is 386 g/mol. The number of carbonyl (C=O) groups is 1. The van der Waals surface area contributed by atoms with Crippen molar-refractivity contribution in [3.05, 3.63) is 41.7 Å². The molecule has 3 atom stereocenters. The predicted molar refractivity (Wildman–Crippen MR) is 107 cm³/mol. The smallest absolute Gasteiger partial charge is 0.256 e. The van der Waals surface area contributed by atoms with E-state index < -0.39 is 12.2 Å². The molecule has 1 aliphatic heterocycles. The highest BCUT2D eigenvalue weighted by Gasteiger charge is 2.28. The lowest BCUT2D eigenvalue weighted by atomic mass is 10.0. The molecule has 2 aromatic rings. The number of aromatic nitrogens is 2. The van der Waals surface area contributed by atoms with Crippen LogP contribution in [-0.2, 0) is 4.79 Å². The monoisotopic (exact) mass is 386 g/mol. The molecule has 1 aromatic carbocycles. The van der Waals surface area contributed by atoms with Gasteiger partial charge in [0.2, 0.25) is 0 Å². The largest absolute Gasteiger partial charge is 0.490 e. The number of nitrogens with zero attached hydrogens (tertiary/aromatic N) is 1. The molecule has 1 amide bonds. The number of benzene rings is 1. The minimum absolute atomic E-state index is 0.0797. The van der Waals surface area contributed by atoms with E-state index >= 15 is 0 Å². The molecule has 28 heavy (non-hydrogen) atoms. The third kappa shape index (κ3) is 4.98. The van der Waals surface area contributed by atoms with E-state index in [1.165, 1.54) is 0 Å². The summed E-state index contributed by atoms with van der Waals surface area (Å²) in [5.74, 6) is 0.313. The van der Waals surface area contributed by atoms with Gasteiger partial charge in [-0.3, -0.25) is 9.89 Å². The number of hydrogen-bond donors (Lipinski definition) is 5. The molecule has 3 rings (SSSR count). The van der Waals surface area contributed by atoms with Gasteiger partial charge < -0.3 is 25.6 Å². The summed E-state index contributed by atoms with van der Waals surface area (Å²) in [5.41, 5.74) is 2.54. The molecule has 1 aliphatic rings. The SMILES string of the molecule is CC(O)CC(C)NCC(O)COc1cccc2c1/C(=C/c1ccn[nH]1)C(=O)N2. The standard InChI is InChI=1S/C20H26N4O4/c1-12(8-13(2)25)21-10-15(26)11-28-18-5-3-4-17-19(18)16(20(27)23-17)9-14-6-7-22-24-14/h3-7,9,12-13,15,21,25-26H,8,10-11H2,1-2H3,(H,22,24)(H,23,27)/b16-9-. The van der Waals surface area contributed by atoms with Crippen molar-refractivity contribution in [2.24, 2.45) is 0 Å². The van der Waals surface area contributed by atoms with Gasteiger partial charge in [-0.1, -0.05) is 6.07 Å². The fourth-order valence-corrected chi connectivity index (χ4v) is 3.15. The lowest BCUT2D eigenvalue weighted by Crippen LogP contribution is -2.37. The molecule has 8 heteroatoms. The van der Waals surface area contributed by atoms with Crippen LogP contribution < -0.4 is 15.4 Å². The number of ether oxygens (including phenoxy) is 1. The normalized spacial score (nSPS) is 17.9. The van der Waals surface area contributed by atoms with E-state index in [0.29, 0.717) is 41.2 Å². The first-order chi connectivity index (χ1) is 13.4. The molecule has 0 bridgehead atoms. The first-order valence-corrected chi connectivity index (χ1v) is 9.32. The Kier molecular flexibility index (Phi) is 6.45. The topological polar surface area (TPSA) is 120 Å². The van der Waals surface area contributed by atoms with Crippen LogP contribution in [0.3, 0.4) is 0 Å². The summed E-state index contributed by atoms with van der Waals surface area (Å²) in [6.07, 6.45) is 2.82. The van der Waals surface area contributed by atoms with Crippen molar-refractivity contribution in [2.45, 2.75) is 38.5 Å². The molecular weight excluding hydrogens is 360 g/mol. The molecule has 0 spiro atoms. The minimum Gasteiger partial charge on any atom is -0.490 e. The molecular formula is C20H26N4O4. The minimum atomic E-state index is -0.725. The van der Waals surface area contributed by atoms with Gasteiger partial charge in [0.15, 0.2) is 0 Å². The van der Waals surface area contributed by atoms with E-state index in [4.69, 9.17) is 4.74 Å². The zero-order chi connectivity index (χ0) is 20.1. The average Bonchev–Trinajstić information content (AvgIpc) is 3.26. The first-order valence-electron chi connectivity index (χ1n) is 9.32. The number of H-pyrrole nitrogens is 1. The molecule has 150 valence electrons. The Morgan fingerprint density at radius 3 is 2.82 bits per heavy atom. The number of rotatable bonds is 9. The lowest BCUT2D eigenvalue weighted by Gasteiger charge is -2.19. The highest BCUT2D eigenvalue weighted by atomic mass is 16.5. The van der Waals surface area contributed by atoms with Gasteiger partial charge in [0, 0.05) is 18.8 Å². The van der Waals surface area contributed by atoms with E-state index in [2.05, 4.69) is 20.8 Å². The summed E-state index contributed by atoms with van der Waals surface area (Å²) in [5, 5.41) is 32.3. The summed E-state index contributed by atoms with van der Waals surface area (Å²) >= 11 is 0. The first kappa shape index (κ1) is 20.1. The van der Waals surface area contributed by atoms with Gasteiger partial charge in [0.1, 0.15) is 18.5 Å². The highest BCUT2D eigenvalue weighted by Crippen LogP contribution is 2.39. The van der Waals surface area contributed by atoms with E-state index in [0.717, 1.165) is 0 Å². The van der Waals surface area contributed by atoms with Crippen molar-refractivity contribution in [1.82, 2.24) is 15.5 Å². The molecule has 8 nitrogen and oxygen atoms in total. The van der Waals surface area contributed by atoms with E-state index in [-0.39, 0.29) is 18.6 Å². The van der Waals surface area contributed by atoms with Gasteiger partial charge in [-0.25, -0.2) is 0 Å². The van der Waals surface area contributed by atoms with Crippen LogP contribution in [0.5, 0.6) is 5.75 Å². The van der Waals surface area contributed by atoms with Crippen LogP contribution in [0.4, 0.5) is 5.69 Å². The van der Waals surface area contributed by atoms with Crippen LogP contribution in [0.15, 0.2) is 30.5 Å². The maximum absolute atomic E-state index is 12.4. The number of aliphatic hydroxyl groups is 2. The van der Waals surface area contributed by atoms with Crippen molar-refractivity contribution < 1.29 is 19.7 Å². The number of carbonyl (C=O) groups excluding carboxylic acids is 1. The predicted octanol–water partition coefficient (Wildman–Crippen LogP) is 1.39. The van der Waals surface area contributed by atoms with Crippen molar-refractivity contribution >= 4 is 23.2 Å². The van der Waals surface area contributed by atoms with Crippen LogP contribution >= 0.6 is 0 Å². The molecule has 0 fully saturated rings. The quantitative estimate of drug-likeness (QED) is 0.416. The van der Waals surface area contributed by atoms with Crippen LogP contribution in [0.1, 0.15) is 31.5 Å². The summed E-state index contributed by atoms with van der Waals surface area (Å²) in [6.45, 7) is 4.11. The Labute approximate surface area is 163 Å². The van der Waals surface area contributed by atoms with Crippen LogP contribution in [0.2, 0.25) is 0 Å². The number of fused-ring (bicyclic) bond motifs is 1. The second kappa shape index (κ2) is 9.01. The van der Waals surface area contributed by atoms with Crippen molar-refractivity contribution in [1.29, 1.82) is 0 Å². The Bertz CT molecular complexity index is 833. The van der Waals surface area contributed by atoms with Crippen LogP contribution in [-0.4, -0.2) is 57.7 Å². The fourth-order valence-electron chi connectivity index (χ4n) is 3.15. The maximum atomic E-state index is 12.4. The van der Waals surface area contributed by atoms with Crippen molar-refractivity contribution in [2.75, 3.05) is 18.5 Å². The molecule has 0 saturated carbocycles.